The molecule has 0 amide bonds. The number of hydrogen-bond acceptors (Lipinski definition) is 7. The van der Waals surface area contributed by atoms with Gasteiger partial charge < -0.3 is 10.1 Å². The summed E-state index contributed by atoms with van der Waals surface area (Å²) in [6.07, 6.45) is 6.16. The normalized spacial score (nSPS) is 23.1. The minimum atomic E-state index is -3.43. The zero-order chi connectivity index (χ0) is 22.9. The van der Waals surface area contributed by atoms with Gasteiger partial charge in [-0.3, -0.25) is 9.36 Å². The van der Waals surface area contributed by atoms with E-state index in [0.29, 0.717) is 30.7 Å². The summed E-state index contributed by atoms with van der Waals surface area (Å²) in [4.78, 5) is 22.2. The predicted octanol–water partition coefficient (Wildman–Crippen LogP) is 1.88. The van der Waals surface area contributed by atoms with Crippen LogP contribution in [-0.4, -0.2) is 72.5 Å². The van der Waals surface area contributed by atoms with Gasteiger partial charge in [-0.25, -0.2) is 17.8 Å². The summed E-state index contributed by atoms with van der Waals surface area (Å²) >= 11 is 0. The van der Waals surface area contributed by atoms with Crippen molar-refractivity contribution in [2.45, 2.75) is 56.8 Å². The molecule has 0 spiro atoms. The molecule has 2 aliphatic rings. The second-order valence-corrected chi connectivity index (χ2v) is 10.7. The third-order valence-corrected chi connectivity index (χ3v) is 7.67. The highest BCUT2D eigenvalue weighted by Crippen LogP contribution is 2.31. The molecule has 0 unspecified atom stereocenters. The molecule has 3 heterocycles. The third kappa shape index (κ3) is 4.79. The third-order valence-electron chi connectivity index (χ3n) is 6.40. The summed E-state index contributed by atoms with van der Waals surface area (Å²) < 4.78 is 46.2. The van der Waals surface area contributed by atoms with E-state index in [0.717, 1.165) is 41.6 Å². The van der Waals surface area contributed by atoms with E-state index < -0.39 is 22.2 Å². The van der Waals surface area contributed by atoms with Crippen LogP contribution in [-0.2, 0) is 21.2 Å². The van der Waals surface area contributed by atoms with Crippen molar-refractivity contribution in [3.05, 3.63) is 28.2 Å². The lowest BCUT2D eigenvalue weighted by molar-refractivity contribution is 0.186. The fraction of sp³-hybridized carbons (Fsp3) is 0.667. The van der Waals surface area contributed by atoms with Crippen molar-refractivity contribution in [1.29, 1.82) is 0 Å². The Balaban J connectivity index is 1.64. The lowest BCUT2D eigenvalue weighted by Crippen LogP contribution is -2.49. The summed E-state index contributed by atoms with van der Waals surface area (Å²) in [7, 11) is -1.82. The molecule has 176 valence electrons. The number of alkyl halides is 1. The van der Waals surface area contributed by atoms with E-state index in [4.69, 9.17) is 4.74 Å². The Morgan fingerprint density at radius 3 is 2.69 bits per heavy atom. The van der Waals surface area contributed by atoms with E-state index in [9.17, 15) is 17.6 Å². The Hall–Kier alpha value is -2.11. The van der Waals surface area contributed by atoms with Gasteiger partial charge in [-0.05, 0) is 25.3 Å². The van der Waals surface area contributed by atoms with E-state index in [1.807, 2.05) is 6.07 Å². The smallest absolute Gasteiger partial charge is 0.255 e. The van der Waals surface area contributed by atoms with Gasteiger partial charge in [-0.2, -0.15) is 9.29 Å². The van der Waals surface area contributed by atoms with E-state index in [1.165, 1.54) is 0 Å². The number of pyridine rings is 1. The minimum Gasteiger partial charge on any atom is -0.384 e. The van der Waals surface area contributed by atoms with Crippen LogP contribution in [0.3, 0.4) is 0 Å². The van der Waals surface area contributed by atoms with Crippen molar-refractivity contribution in [2.75, 3.05) is 38.4 Å². The highest BCUT2D eigenvalue weighted by Gasteiger charge is 2.33. The average molecular weight is 468 g/mol. The number of aromatic nitrogens is 3. The van der Waals surface area contributed by atoms with Crippen LogP contribution in [0.5, 0.6) is 0 Å². The van der Waals surface area contributed by atoms with E-state index in [1.54, 1.807) is 17.9 Å². The monoisotopic (exact) mass is 467 g/mol. The van der Waals surface area contributed by atoms with Crippen molar-refractivity contribution in [2.24, 2.45) is 0 Å². The summed E-state index contributed by atoms with van der Waals surface area (Å²) in [5.74, 6) is 0.244. The second-order valence-electron chi connectivity index (χ2n) is 8.67. The predicted molar refractivity (Wildman–Crippen MR) is 120 cm³/mol. The van der Waals surface area contributed by atoms with Crippen LogP contribution in [0.4, 0.5) is 10.3 Å². The Morgan fingerprint density at radius 1 is 1.28 bits per heavy atom. The SMILES string of the molecule is COCCc1cc2cnc(N[C@@H]3CCN(S(C)(=O)=O)C[C@H]3F)nc2n(C2CCCC2)c1=O. The van der Waals surface area contributed by atoms with Crippen LogP contribution in [0, 0.1) is 0 Å². The molecule has 1 saturated heterocycles. The summed E-state index contributed by atoms with van der Waals surface area (Å²) in [5.41, 5.74) is 1.16. The molecule has 11 heteroatoms. The van der Waals surface area contributed by atoms with Crippen molar-refractivity contribution in [1.82, 2.24) is 18.8 Å². The molecular weight excluding hydrogens is 437 g/mol. The number of hydrogen-bond donors (Lipinski definition) is 1. The number of nitrogens with one attached hydrogen (secondary N) is 1. The minimum absolute atomic E-state index is 0.0593. The van der Waals surface area contributed by atoms with Gasteiger partial charge in [-0.15, -0.1) is 0 Å². The number of nitrogens with zero attached hydrogens (tertiary/aromatic N) is 4. The summed E-state index contributed by atoms with van der Waals surface area (Å²) in [6, 6.07) is 1.30. The van der Waals surface area contributed by atoms with Gasteiger partial charge in [0.1, 0.15) is 11.8 Å². The molecule has 2 aromatic heterocycles. The Labute approximate surface area is 187 Å². The topological polar surface area (TPSA) is 106 Å². The first-order valence-electron chi connectivity index (χ1n) is 11.0. The Morgan fingerprint density at radius 2 is 2.03 bits per heavy atom. The van der Waals surface area contributed by atoms with Gasteiger partial charge in [0.25, 0.3) is 5.56 Å². The van der Waals surface area contributed by atoms with Crippen LogP contribution < -0.4 is 10.9 Å². The molecule has 0 aromatic carbocycles. The van der Waals surface area contributed by atoms with E-state index in [2.05, 4.69) is 15.3 Å². The van der Waals surface area contributed by atoms with Crippen LogP contribution in [0.25, 0.3) is 11.0 Å². The van der Waals surface area contributed by atoms with Crippen LogP contribution in [0.2, 0.25) is 0 Å². The Bertz CT molecular complexity index is 1130. The van der Waals surface area contributed by atoms with Gasteiger partial charge in [0, 0.05) is 49.8 Å². The highest BCUT2D eigenvalue weighted by atomic mass is 32.2. The van der Waals surface area contributed by atoms with Crippen LogP contribution >= 0.6 is 0 Å². The summed E-state index contributed by atoms with van der Waals surface area (Å²) in [6.45, 7) is 0.496. The maximum Gasteiger partial charge on any atom is 0.255 e. The van der Waals surface area contributed by atoms with Crippen molar-refractivity contribution < 1.29 is 17.5 Å². The van der Waals surface area contributed by atoms with Gasteiger partial charge in [0.05, 0.1) is 18.9 Å². The summed E-state index contributed by atoms with van der Waals surface area (Å²) in [5, 5.41) is 3.79. The molecule has 32 heavy (non-hydrogen) atoms. The number of sulfonamides is 1. The zero-order valence-corrected chi connectivity index (χ0v) is 19.3. The van der Waals surface area contributed by atoms with Crippen molar-refractivity contribution >= 4 is 27.0 Å². The van der Waals surface area contributed by atoms with Gasteiger partial charge in [0.2, 0.25) is 16.0 Å². The number of anilines is 1. The largest absolute Gasteiger partial charge is 0.384 e. The molecule has 9 nitrogen and oxygen atoms in total. The number of fused-ring (bicyclic) bond motifs is 1. The van der Waals surface area contributed by atoms with E-state index >= 15 is 0 Å². The highest BCUT2D eigenvalue weighted by molar-refractivity contribution is 7.88. The number of rotatable bonds is 7. The lowest BCUT2D eigenvalue weighted by atomic mass is 10.1. The molecule has 1 saturated carbocycles. The fourth-order valence-corrected chi connectivity index (χ4v) is 5.50. The molecule has 1 aliphatic heterocycles. The van der Waals surface area contributed by atoms with Crippen LogP contribution in [0.1, 0.15) is 43.7 Å². The first-order chi connectivity index (χ1) is 15.3. The first kappa shape index (κ1) is 23.1. The molecule has 2 atom stereocenters. The molecule has 1 N–H and O–H groups in total. The molecule has 4 rings (SSSR count). The first-order valence-corrected chi connectivity index (χ1v) is 12.9. The van der Waals surface area contributed by atoms with Crippen molar-refractivity contribution in [3.63, 3.8) is 0 Å². The fourth-order valence-electron chi connectivity index (χ4n) is 4.65. The van der Waals surface area contributed by atoms with Gasteiger partial charge in [-0.1, -0.05) is 12.8 Å². The molecule has 1 aliphatic carbocycles. The number of methoxy groups -OCH3 is 1. The number of halogens is 1. The molecule has 0 bridgehead atoms. The Kier molecular flexibility index (Phi) is 6.78. The second kappa shape index (κ2) is 9.40. The molecule has 2 aromatic rings. The standard InChI is InChI=1S/C21H30FN5O4S/c1-31-10-8-14-11-15-12-23-21(24-18-7-9-26(13-17(18)22)32(2,29)30)25-19(15)27(20(14)28)16-5-3-4-6-16/h11-12,16-18H,3-10,13H2,1-2H3,(H,23,24,25)/t17-,18-/m1/s1. The maximum atomic E-state index is 14.7. The van der Waals surface area contributed by atoms with Crippen LogP contribution in [0.15, 0.2) is 17.1 Å². The molecule has 0 radical (unpaired) electrons. The molecular formula is C21H30FN5O4S. The molecule has 2 fully saturated rings. The van der Waals surface area contributed by atoms with Gasteiger partial charge >= 0.3 is 0 Å². The number of piperidine rings is 1. The average Bonchev–Trinajstić information content (AvgIpc) is 3.27. The maximum absolute atomic E-state index is 14.7. The van der Waals surface area contributed by atoms with Gasteiger partial charge in [0.15, 0.2) is 0 Å². The zero-order valence-electron chi connectivity index (χ0n) is 18.5. The van der Waals surface area contributed by atoms with Crippen molar-refractivity contribution in [3.8, 4) is 0 Å². The number of ether oxygens (including phenoxy) is 1. The van der Waals surface area contributed by atoms with E-state index in [-0.39, 0.29) is 30.6 Å². The lowest BCUT2D eigenvalue weighted by Gasteiger charge is -2.33. The quantitative estimate of drug-likeness (QED) is 0.663.